The van der Waals surface area contributed by atoms with E-state index in [0.717, 1.165) is 5.56 Å². The fraction of sp³-hybridized carbons (Fsp3) is 0.455. The van der Waals surface area contributed by atoms with Gasteiger partial charge in [0.15, 0.2) is 18.1 Å². The Bertz CT molecular complexity index is 410. The first-order valence-corrected chi connectivity index (χ1v) is 5.87. The van der Waals surface area contributed by atoms with Crippen molar-refractivity contribution < 1.29 is 22.6 Å². The first-order chi connectivity index (χ1) is 8.37. The predicted octanol–water partition coefficient (Wildman–Crippen LogP) is 3.12. The van der Waals surface area contributed by atoms with Crippen molar-refractivity contribution in [3.8, 4) is 11.5 Å². The van der Waals surface area contributed by atoms with Gasteiger partial charge in [-0.15, -0.1) is 0 Å². The molecule has 1 aromatic carbocycles. The van der Waals surface area contributed by atoms with E-state index in [1.54, 1.807) is 19.2 Å². The highest BCUT2D eigenvalue weighted by atomic mass is 79.9. The minimum Gasteiger partial charge on any atom is -0.493 e. The molecule has 0 aliphatic carbocycles. The average Bonchev–Trinajstić information content (AvgIpc) is 2.26. The van der Waals surface area contributed by atoms with Gasteiger partial charge in [-0.2, -0.15) is 13.2 Å². The molecule has 0 aliphatic rings. The third-order valence-corrected chi connectivity index (χ3v) is 2.64. The molecule has 0 atom stereocenters. The number of halogens is 4. The van der Waals surface area contributed by atoms with Crippen LogP contribution in [0, 0.1) is 0 Å². The Morgan fingerprint density at radius 2 is 2.00 bits per heavy atom. The van der Waals surface area contributed by atoms with Crippen LogP contribution in [0.5, 0.6) is 11.5 Å². The van der Waals surface area contributed by atoms with Gasteiger partial charge in [0.1, 0.15) is 0 Å². The van der Waals surface area contributed by atoms with Gasteiger partial charge in [-0.05, 0) is 40.7 Å². The molecule has 0 saturated heterocycles. The highest BCUT2D eigenvalue weighted by molar-refractivity contribution is 9.10. The van der Waals surface area contributed by atoms with E-state index < -0.39 is 12.8 Å². The smallest absolute Gasteiger partial charge is 0.422 e. The molecule has 102 valence electrons. The Morgan fingerprint density at radius 3 is 2.50 bits per heavy atom. The topological polar surface area (TPSA) is 30.5 Å². The van der Waals surface area contributed by atoms with Gasteiger partial charge in [-0.3, -0.25) is 0 Å². The fourth-order valence-electron chi connectivity index (χ4n) is 1.37. The third kappa shape index (κ3) is 4.38. The van der Waals surface area contributed by atoms with Crippen molar-refractivity contribution >= 4 is 15.9 Å². The molecule has 0 heterocycles. The van der Waals surface area contributed by atoms with Gasteiger partial charge in [0, 0.05) is 6.54 Å². The van der Waals surface area contributed by atoms with Crippen LogP contribution in [0.3, 0.4) is 0 Å². The maximum Gasteiger partial charge on any atom is 0.422 e. The van der Waals surface area contributed by atoms with E-state index >= 15 is 0 Å². The zero-order valence-electron chi connectivity index (χ0n) is 9.90. The lowest BCUT2D eigenvalue weighted by Crippen LogP contribution is -2.19. The van der Waals surface area contributed by atoms with Crippen molar-refractivity contribution in [1.29, 1.82) is 0 Å². The molecule has 1 N–H and O–H groups in total. The first kappa shape index (κ1) is 15.1. The summed E-state index contributed by atoms with van der Waals surface area (Å²) >= 11 is 3.18. The van der Waals surface area contributed by atoms with E-state index in [-0.39, 0.29) is 11.5 Å². The van der Waals surface area contributed by atoms with Crippen LogP contribution < -0.4 is 14.8 Å². The van der Waals surface area contributed by atoms with E-state index in [1.807, 2.05) is 0 Å². The summed E-state index contributed by atoms with van der Waals surface area (Å²) in [6, 6.07) is 3.32. The number of alkyl halides is 3. The molecule has 0 amide bonds. The Kier molecular flexibility index (Phi) is 5.28. The molecule has 0 radical (unpaired) electrons. The second-order valence-corrected chi connectivity index (χ2v) is 4.40. The molecule has 1 rings (SSSR count). The van der Waals surface area contributed by atoms with E-state index in [0.29, 0.717) is 11.0 Å². The lowest BCUT2D eigenvalue weighted by atomic mass is 10.2. The summed E-state index contributed by atoms with van der Waals surface area (Å²) in [6.07, 6.45) is -4.38. The second-order valence-electron chi connectivity index (χ2n) is 3.54. The van der Waals surface area contributed by atoms with E-state index in [2.05, 4.69) is 21.2 Å². The molecule has 0 fully saturated rings. The zero-order valence-corrected chi connectivity index (χ0v) is 11.5. The van der Waals surface area contributed by atoms with Gasteiger partial charge < -0.3 is 14.8 Å². The Hall–Kier alpha value is -0.950. The van der Waals surface area contributed by atoms with Crippen LogP contribution in [0.4, 0.5) is 13.2 Å². The monoisotopic (exact) mass is 327 g/mol. The molecular formula is C11H13BrF3NO2. The van der Waals surface area contributed by atoms with Crippen LogP contribution in [0.2, 0.25) is 0 Å². The summed E-state index contributed by atoms with van der Waals surface area (Å²) in [5.74, 6) is 0.313. The molecule has 3 nitrogen and oxygen atoms in total. The molecule has 0 spiro atoms. The summed E-state index contributed by atoms with van der Waals surface area (Å²) in [7, 11) is 3.15. The molecule has 0 aromatic heterocycles. The van der Waals surface area contributed by atoms with Crippen molar-refractivity contribution in [2.24, 2.45) is 0 Å². The summed E-state index contributed by atoms with van der Waals surface area (Å²) in [5, 5.41) is 2.94. The third-order valence-electron chi connectivity index (χ3n) is 2.05. The second kappa shape index (κ2) is 6.29. The summed E-state index contributed by atoms with van der Waals surface area (Å²) in [6.45, 7) is -0.776. The van der Waals surface area contributed by atoms with Crippen molar-refractivity contribution in [3.05, 3.63) is 22.2 Å². The van der Waals surface area contributed by atoms with Gasteiger partial charge in [-0.1, -0.05) is 0 Å². The molecule has 0 bridgehead atoms. The van der Waals surface area contributed by atoms with Crippen molar-refractivity contribution in [2.75, 3.05) is 20.8 Å². The van der Waals surface area contributed by atoms with Crippen LogP contribution in [-0.2, 0) is 6.54 Å². The summed E-state index contributed by atoms with van der Waals surface area (Å²) < 4.78 is 46.5. The summed E-state index contributed by atoms with van der Waals surface area (Å²) in [4.78, 5) is 0. The number of ether oxygens (including phenoxy) is 2. The maximum atomic E-state index is 12.1. The Labute approximate surface area is 111 Å². The molecule has 0 unspecified atom stereocenters. The molecule has 1 aromatic rings. The van der Waals surface area contributed by atoms with Gasteiger partial charge in [0.05, 0.1) is 11.6 Å². The SMILES string of the molecule is CNCc1cc(Br)c(OCC(F)(F)F)c(OC)c1. The van der Waals surface area contributed by atoms with Gasteiger partial charge >= 0.3 is 6.18 Å². The molecule has 7 heteroatoms. The molecule has 0 saturated carbocycles. The first-order valence-electron chi connectivity index (χ1n) is 5.08. The number of rotatable bonds is 5. The number of nitrogens with one attached hydrogen (secondary N) is 1. The Balaban J connectivity index is 2.96. The largest absolute Gasteiger partial charge is 0.493 e. The van der Waals surface area contributed by atoms with Crippen LogP contribution in [0.15, 0.2) is 16.6 Å². The van der Waals surface area contributed by atoms with Gasteiger partial charge in [0.25, 0.3) is 0 Å². The van der Waals surface area contributed by atoms with Crippen molar-refractivity contribution in [1.82, 2.24) is 5.32 Å². The quantitative estimate of drug-likeness (QED) is 0.901. The predicted molar refractivity (Wildman–Crippen MR) is 65.0 cm³/mol. The highest BCUT2D eigenvalue weighted by Crippen LogP contribution is 2.37. The number of benzene rings is 1. The van der Waals surface area contributed by atoms with E-state index in [1.165, 1.54) is 7.11 Å². The van der Waals surface area contributed by atoms with Crippen LogP contribution in [-0.4, -0.2) is 26.9 Å². The van der Waals surface area contributed by atoms with E-state index in [9.17, 15) is 13.2 Å². The number of hydrogen-bond donors (Lipinski definition) is 1. The summed E-state index contributed by atoms with van der Waals surface area (Å²) in [5.41, 5.74) is 0.876. The van der Waals surface area contributed by atoms with Crippen molar-refractivity contribution in [2.45, 2.75) is 12.7 Å². The zero-order chi connectivity index (χ0) is 13.8. The van der Waals surface area contributed by atoms with Gasteiger partial charge in [0.2, 0.25) is 0 Å². The minimum absolute atomic E-state index is 0.0506. The number of methoxy groups -OCH3 is 1. The van der Waals surface area contributed by atoms with Crippen LogP contribution >= 0.6 is 15.9 Å². The highest BCUT2D eigenvalue weighted by Gasteiger charge is 2.29. The van der Waals surface area contributed by atoms with Crippen LogP contribution in [0.1, 0.15) is 5.56 Å². The Morgan fingerprint density at radius 1 is 1.33 bits per heavy atom. The minimum atomic E-state index is -4.38. The average molecular weight is 328 g/mol. The lowest BCUT2D eigenvalue weighted by molar-refractivity contribution is -0.153. The molecular weight excluding hydrogens is 315 g/mol. The van der Waals surface area contributed by atoms with Crippen LogP contribution in [0.25, 0.3) is 0 Å². The van der Waals surface area contributed by atoms with Gasteiger partial charge in [-0.25, -0.2) is 0 Å². The number of hydrogen-bond acceptors (Lipinski definition) is 3. The maximum absolute atomic E-state index is 12.1. The van der Waals surface area contributed by atoms with Crippen molar-refractivity contribution in [3.63, 3.8) is 0 Å². The molecule has 18 heavy (non-hydrogen) atoms. The fourth-order valence-corrected chi connectivity index (χ4v) is 1.98. The molecule has 0 aliphatic heterocycles. The lowest BCUT2D eigenvalue weighted by Gasteiger charge is -2.15. The normalized spacial score (nSPS) is 11.4. The standard InChI is InChI=1S/C11H13BrF3NO2/c1-16-5-7-3-8(12)10(9(4-7)17-2)18-6-11(13,14)15/h3-4,16H,5-6H2,1-2H3. The van der Waals surface area contributed by atoms with E-state index in [4.69, 9.17) is 9.47 Å².